The monoisotopic (exact) mass is 309 g/mol. The van der Waals surface area contributed by atoms with E-state index >= 15 is 0 Å². The van der Waals surface area contributed by atoms with Crippen molar-refractivity contribution >= 4 is 23.4 Å². The van der Waals surface area contributed by atoms with Gasteiger partial charge in [0.25, 0.3) is 5.91 Å². The van der Waals surface area contributed by atoms with E-state index in [1.54, 1.807) is 23.9 Å². The lowest BCUT2D eigenvalue weighted by molar-refractivity contribution is -0.0498. The van der Waals surface area contributed by atoms with Crippen molar-refractivity contribution in [2.45, 2.75) is 11.5 Å². The maximum absolute atomic E-state index is 12.1. The van der Waals surface area contributed by atoms with Crippen molar-refractivity contribution in [3.05, 3.63) is 54.1 Å². The Morgan fingerprint density at radius 1 is 1.19 bits per heavy atom. The molecule has 0 aromatic heterocycles. The molecule has 1 amide bonds. The topological polar surface area (TPSA) is 38.3 Å². The molecule has 0 aliphatic carbocycles. The minimum atomic E-state index is -2.91. The molecule has 2 rings (SSSR count). The number of ether oxygens (including phenoxy) is 1. The first-order valence-electron chi connectivity index (χ1n) is 6.09. The smallest absolute Gasteiger partial charge is 0.387 e. The number of anilines is 1. The number of halogens is 2. The second-order valence-corrected chi connectivity index (χ2v) is 4.97. The van der Waals surface area contributed by atoms with Gasteiger partial charge in [-0.25, -0.2) is 0 Å². The summed E-state index contributed by atoms with van der Waals surface area (Å²) in [6.07, 6.45) is 1.96. The van der Waals surface area contributed by atoms with Crippen LogP contribution in [0.5, 0.6) is 5.75 Å². The fraction of sp³-hybridized carbons (Fsp3) is 0.133. The first kappa shape index (κ1) is 15.3. The molecule has 3 nitrogen and oxygen atoms in total. The molecular weight excluding hydrogens is 296 g/mol. The molecule has 110 valence electrons. The predicted molar refractivity (Wildman–Crippen MR) is 79.3 cm³/mol. The number of rotatable bonds is 5. The molecule has 0 atom stereocenters. The molecule has 0 radical (unpaired) electrons. The minimum absolute atomic E-state index is 0.0459. The number of alkyl halides is 2. The highest BCUT2D eigenvalue weighted by molar-refractivity contribution is 7.98. The summed E-state index contributed by atoms with van der Waals surface area (Å²) in [7, 11) is 0. The molecule has 2 aromatic carbocycles. The van der Waals surface area contributed by atoms with Crippen LogP contribution in [0.15, 0.2) is 53.4 Å². The molecule has 0 unspecified atom stereocenters. The van der Waals surface area contributed by atoms with Crippen LogP contribution < -0.4 is 10.1 Å². The number of benzene rings is 2. The lowest BCUT2D eigenvalue weighted by Gasteiger charge is -2.08. The molecular formula is C15H13F2NO2S. The van der Waals surface area contributed by atoms with E-state index in [-0.39, 0.29) is 17.2 Å². The fourth-order valence-corrected chi connectivity index (χ4v) is 2.10. The highest BCUT2D eigenvalue weighted by atomic mass is 32.2. The summed E-state index contributed by atoms with van der Waals surface area (Å²) in [5, 5.41) is 2.70. The standard InChI is InChI=1S/C15H13F2NO2S/c1-21-13-7-5-11(6-8-13)18-14(19)10-3-2-4-12(9-10)20-15(16)17/h2-9,15H,1H3,(H,18,19). The SMILES string of the molecule is CSc1ccc(NC(=O)c2cccc(OC(F)F)c2)cc1. The largest absolute Gasteiger partial charge is 0.435 e. The summed E-state index contributed by atoms with van der Waals surface area (Å²) < 4.78 is 28.6. The number of carbonyl (C=O) groups is 1. The average molecular weight is 309 g/mol. The Labute approximate surface area is 125 Å². The Kier molecular flexibility index (Phi) is 5.16. The average Bonchev–Trinajstić information content (AvgIpc) is 2.47. The molecule has 0 saturated carbocycles. The van der Waals surface area contributed by atoms with Crippen molar-refractivity contribution in [3.8, 4) is 5.75 Å². The van der Waals surface area contributed by atoms with Crippen molar-refractivity contribution in [1.29, 1.82) is 0 Å². The number of nitrogens with one attached hydrogen (secondary N) is 1. The third kappa shape index (κ3) is 4.46. The molecule has 0 fully saturated rings. The molecule has 0 aliphatic heterocycles. The van der Waals surface area contributed by atoms with Gasteiger partial charge in [-0.2, -0.15) is 8.78 Å². The zero-order chi connectivity index (χ0) is 15.2. The summed E-state index contributed by atoms with van der Waals surface area (Å²) in [5.74, 6) is -0.429. The lowest BCUT2D eigenvalue weighted by Crippen LogP contribution is -2.12. The summed E-state index contributed by atoms with van der Waals surface area (Å²) in [6.45, 7) is -2.91. The normalized spacial score (nSPS) is 10.5. The molecule has 0 spiro atoms. The van der Waals surface area contributed by atoms with E-state index in [4.69, 9.17) is 0 Å². The van der Waals surface area contributed by atoms with Crippen molar-refractivity contribution in [2.75, 3.05) is 11.6 Å². The van der Waals surface area contributed by atoms with E-state index < -0.39 is 6.61 Å². The van der Waals surface area contributed by atoms with Crippen LogP contribution in [0.4, 0.5) is 14.5 Å². The lowest BCUT2D eigenvalue weighted by atomic mass is 10.2. The van der Waals surface area contributed by atoms with Crippen molar-refractivity contribution in [2.24, 2.45) is 0 Å². The summed E-state index contributed by atoms with van der Waals surface area (Å²) in [5.41, 5.74) is 0.889. The Morgan fingerprint density at radius 3 is 2.52 bits per heavy atom. The first-order chi connectivity index (χ1) is 10.1. The van der Waals surface area contributed by atoms with Crippen LogP contribution >= 0.6 is 11.8 Å². The van der Waals surface area contributed by atoms with Crippen LogP contribution in [-0.2, 0) is 0 Å². The van der Waals surface area contributed by atoms with Gasteiger partial charge in [0.1, 0.15) is 5.75 Å². The number of hydrogen-bond donors (Lipinski definition) is 1. The van der Waals surface area contributed by atoms with Crippen LogP contribution in [0.3, 0.4) is 0 Å². The Hall–Kier alpha value is -2.08. The van der Waals surface area contributed by atoms with Gasteiger partial charge in [-0.3, -0.25) is 4.79 Å². The van der Waals surface area contributed by atoms with E-state index in [1.807, 2.05) is 18.4 Å². The number of carbonyl (C=O) groups excluding carboxylic acids is 1. The Bertz CT molecular complexity index is 617. The Balaban J connectivity index is 2.08. The minimum Gasteiger partial charge on any atom is -0.435 e. The zero-order valence-electron chi connectivity index (χ0n) is 11.2. The zero-order valence-corrected chi connectivity index (χ0v) is 12.0. The van der Waals surface area contributed by atoms with E-state index in [2.05, 4.69) is 10.1 Å². The van der Waals surface area contributed by atoms with Crippen LogP contribution in [-0.4, -0.2) is 18.8 Å². The van der Waals surface area contributed by atoms with Gasteiger partial charge >= 0.3 is 6.61 Å². The van der Waals surface area contributed by atoms with Crippen LogP contribution in [0.1, 0.15) is 10.4 Å². The number of amides is 1. The van der Waals surface area contributed by atoms with E-state index in [0.717, 1.165) is 4.90 Å². The van der Waals surface area contributed by atoms with E-state index in [1.165, 1.54) is 24.3 Å². The van der Waals surface area contributed by atoms with Crippen LogP contribution in [0, 0.1) is 0 Å². The van der Waals surface area contributed by atoms with Gasteiger partial charge in [-0.15, -0.1) is 11.8 Å². The highest BCUT2D eigenvalue weighted by Gasteiger charge is 2.09. The van der Waals surface area contributed by atoms with Gasteiger partial charge in [0, 0.05) is 16.1 Å². The molecule has 0 aliphatic rings. The van der Waals surface area contributed by atoms with E-state index in [0.29, 0.717) is 5.69 Å². The van der Waals surface area contributed by atoms with Crippen LogP contribution in [0.25, 0.3) is 0 Å². The number of thioether (sulfide) groups is 1. The maximum atomic E-state index is 12.1. The van der Waals surface area contributed by atoms with Gasteiger partial charge < -0.3 is 10.1 Å². The third-order valence-electron chi connectivity index (χ3n) is 2.67. The molecule has 6 heteroatoms. The van der Waals surface area contributed by atoms with Gasteiger partial charge in [-0.05, 0) is 48.7 Å². The summed E-state index contributed by atoms with van der Waals surface area (Å²) in [4.78, 5) is 13.1. The second kappa shape index (κ2) is 7.08. The number of hydrogen-bond acceptors (Lipinski definition) is 3. The van der Waals surface area contributed by atoms with Gasteiger partial charge in [0.15, 0.2) is 0 Å². The van der Waals surface area contributed by atoms with Crippen LogP contribution in [0.2, 0.25) is 0 Å². The second-order valence-electron chi connectivity index (χ2n) is 4.09. The molecule has 0 heterocycles. The first-order valence-corrected chi connectivity index (χ1v) is 7.31. The van der Waals surface area contributed by atoms with Crippen molar-refractivity contribution in [1.82, 2.24) is 0 Å². The van der Waals surface area contributed by atoms with Crippen molar-refractivity contribution in [3.63, 3.8) is 0 Å². The molecule has 0 saturated heterocycles. The summed E-state index contributed by atoms with van der Waals surface area (Å²) in [6, 6.07) is 13.0. The molecule has 21 heavy (non-hydrogen) atoms. The fourth-order valence-electron chi connectivity index (χ4n) is 1.69. The molecule has 1 N–H and O–H groups in total. The summed E-state index contributed by atoms with van der Waals surface area (Å²) >= 11 is 1.60. The van der Waals surface area contributed by atoms with E-state index in [9.17, 15) is 13.6 Å². The third-order valence-corrected chi connectivity index (χ3v) is 3.41. The maximum Gasteiger partial charge on any atom is 0.387 e. The molecule has 2 aromatic rings. The highest BCUT2D eigenvalue weighted by Crippen LogP contribution is 2.19. The predicted octanol–water partition coefficient (Wildman–Crippen LogP) is 4.26. The Morgan fingerprint density at radius 2 is 1.90 bits per heavy atom. The van der Waals surface area contributed by atoms with Gasteiger partial charge in [0.2, 0.25) is 0 Å². The quantitative estimate of drug-likeness (QED) is 0.839. The van der Waals surface area contributed by atoms with Gasteiger partial charge in [-0.1, -0.05) is 6.07 Å². The molecule has 0 bridgehead atoms. The van der Waals surface area contributed by atoms with Crippen molar-refractivity contribution < 1.29 is 18.3 Å². The van der Waals surface area contributed by atoms with Gasteiger partial charge in [0.05, 0.1) is 0 Å².